The average molecular weight is 305 g/mol. The Morgan fingerprint density at radius 3 is 2.86 bits per heavy atom. The zero-order valence-corrected chi connectivity index (χ0v) is 13.8. The van der Waals surface area contributed by atoms with E-state index in [1.54, 1.807) is 23.9 Å². The van der Waals surface area contributed by atoms with Crippen molar-refractivity contribution in [3.8, 4) is 0 Å². The summed E-state index contributed by atoms with van der Waals surface area (Å²) in [5.41, 5.74) is 0. The molecule has 5 heteroatoms. The third-order valence-electron chi connectivity index (χ3n) is 3.57. The molecule has 1 amide bonds. The largest absolute Gasteiger partial charge is 0.336 e. The number of nitrogens with zero attached hydrogens (tertiary/aromatic N) is 3. The summed E-state index contributed by atoms with van der Waals surface area (Å²) in [6, 6.07) is 4.03. The van der Waals surface area contributed by atoms with E-state index in [2.05, 4.69) is 31.0 Å². The first-order valence-corrected chi connectivity index (χ1v) is 8.25. The Hall–Kier alpha value is -1.62. The second-order valence-corrected chi connectivity index (χ2v) is 6.68. The highest BCUT2D eigenvalue weighted by atomic mass is 32.1. The average Bonchev–Trinajstić information content (AvgIpc) is 3.13. The molecule has 0 aliphatic heterocycles. The van der Waals surface area contributed by atoms with Gasteiger partial charge in [0.15, 0.2) is 0 Å². The number of rotatable bonds is 7. The predicted molar refractivity (Wildman–Crippen MR) is 86.3 cm³/mol. The van der Waals surface area contributed by atoms with Gasteiger partial charge < -0.3 is 9.47 Å². The Labute approximate surface area is 130 Å². The number of amides is 1. The van der Waals surface area contributed by atoms with Gasteiger partial charge in [0.05, 0.1) is 12.9 Å². The van der Waals surface area contributed by atoms with Crippen LogP contribution >= 0.6 is 11.3 Å². The molecule has 114 valence electrons. The SMILES string of the molecule is CCCCN(Cc1ccc(C)s1)C(=O)C(C)n1ccnc1. The van der Waals surface area contributed by atoms with Gasteiger partial charge in [0, 0.05) is 28.7 Å². The van der Waals surface area contributed by atoms with Crippen LogP contribution in [0.2, 0.25) is 0 Å². The number of carbonyl (C=O) groups excluding carboxylic acids is 1. The zero-order valence-electron chi connectivity index (χ0n) is 13.0. The highest BCUT2D eigenvalue weighted by molar-refractivity contribution is 7.11. The van der Waals surface area contributed by atoms with Crippen molar-refractivity contribution < 1.29 is 4.79 Å². The topological polar surface area (TPSA) is 38.1 Å². The van der Waals surface area contributed by atoms with E-state index in [9.17, 15) is 4.79 Å². The molecule has 0 radical (unpaired) electrons. The van der Waals surface area contributed by atoms with Crippen LogP contribution in [0.25, 0.3) is 0 Å². The van der Waals surface area contributed by atoms with Crippen molar-refractivity contribution in [3.63, 3.8) is 0 Å². The summed E-state index contributed by atoms with van der Waals surface area (Å²) >= 11 is 1.76. The van der Waals surface area contributed by atoms with Crippen LogP contribution in [0, 0.1) is 6.92 Å². The van der Waals surface area contributed by atoms with E-state index in [0.29, 0.717) is 6.54 Å². The molecule has 0 N–H and O–H groups in total. The van der Waals surface area contributed by atoms with Crippen LogP contribution in [-0.2, 0) is 11.3 Å². The summed E-state index contributed by atoms with van der Waals surface area (Å²) in [4.78, 5) is 21.3. The molecule has 0 bridgehead atoms. The van der Waals surface area contributed by atoms with Crippen LogP contribution < -0.4 is 0 Å². The first-order chi connectivity index (χ1) is 10.1. The van der Waals surface area contributed by atoms with Gasteiger partial charge in [-0.3, -0.25) is 4.79 Å². The molecular weight excluding hydrogens is 282 g/mol. The van der Waals surface area contributed by atoms with Gasteiger partial charge in [-0.25, -0.2) is 4.98 Å². The van der Waals surface area contributed by atoms with Crippen molar-refractivity contribution in [2.24, 2.45) is 0 Å². The highest BCUT2D eigenvalue weighted by Crippen LogP contribution is 2.19. The van der Waals surface area contributed by atoms with Gasteiger partial charge in [0.1, 0.15) is 6.04 Å². The monoisotopic (exact) mass is 305 g/mol. The molecule has 0 saturated heterocycles. The minimum absolute atomic E-state index is 0.160. The third kappa shape index (κ3) is 4.17. The fraction of sp³-hybridized carbons (Fsp3) is 0.500. The van der Waals surface area contributed by atoms with E-state index in [1.165, 1.54) is 9.75 Å². The molecule has 4 nitrogen and oxygen atoms in total. The summed E-state index contributed by atoms with van der Waals surface area (Å²) in [5.74, 6) is 0.160. The van der Waals surface area contributed by atoms with Crippen LogP contribution in [0.15, 0.2) is 30.9 Å². The van der Waals surface area contributed by atoms with Crippen LogP contribution in [0.3, 0.4) is 0 Å². The maximum atomic E-state index is 12.7. The van der Waals surface area contributed by atoms with Gasteiger partial charge in [0.2, 0.25) is 5.91 Å². The summed E-state index contributed by atoms with van der Waals surface area (Å²) in [6.45, 7) is 7.70. The number of aromatic nitrogens is 2. The predicted octanol–water partition coefficient (Wildman–Crippen LogP) is 3.64. The first-order valence-electron chi connectivity index (χ1n) is 7.43. The molecule has 2 aromatic heterocycles. The molecule has 21 heavy (non-hydrogen) atoms. The number of imidazole rings is 1. The summed E-state index contributed by atoms with van der Waals surface area (Å²) in [6.07, 6.45) is 7.38. The number of thiophene rings is 1. The minimum atomic E-state index is -0.203. The minimum Gasteiger partial charge on any atom is -0.336 e. The summed E-state index contributed by atoms with van der Waals surface area (Å²) < 4.78 is 1.86. The molecule has 2 aromatic rings. The number of unbranched alkanes of at least 4 members (excludes halogenated alkanes) is 1. The van der Waals surface area contributed by atoms with Crippen LogP contribution in [0.1, 0.15) is 42.5 Å². The second kappa shape index (κ2) is 7.41. The lowest BCUT2D eigenvalue weighted by molar-refractivity contribution is -0.135. The Morgan fingerprint density at radius 1 is 1.48 bits per heavy atom. The number of aryl methyl sites for hydroxylation is 1. The zero-order chi connectivity index (χ0) is 15.2. The number of hydrogen-bond donors (Lipinski definition) is 0. The van der Waals surface area contributed by atoms with E-state index in [4.69, 9.17) is 0 Å². The lowest BCUT2D eigenvalue weighted by atomic mass is 10.2. The van der Waals surface area contributed by atoms with Crippen molar-refractivity contribution in [1.82, 2.24) is 14.5 Å². The van der Waals surface area contributed by atoms with Crippen molar-refractivity contribution in [2.75, 3.05) is 6.54 Å². The molecule has 2 heterocycles. The fourth-order valence-corrected chi connectivity index (χ4v) is 3.17. The molecule has 0 spiro atoms. The lowest BCUT2D eigenvalue weighted by Gasteiger charge is -2.26. The second-order valence-electron chi connectivity index (χ2n) is 5.31. The fourth-order valence-electron chi connectivity index (χ4n) is 2.26. The van der Waals surface area contributed by atoms with E-state index in [1.807, 2.05) is 22.6 Å². The molecule has 0 fully saturated rings. The van der Waals surface area contributed by atoms with E-state index >= 15 is 0 Å². The Balaban J connectivity index is 2.09. The van der Waals surface area contributed by atoms with E-state index < -0.39 is 0 Å². The van der Waals surface area contributed by atoms with Gasteiger partial charge in [-0.05, 0) is 32.4 Å². The molecule has 0 saturated carbocycles. The van der Waals surface area contributed by atoms with Crippen molar-refractivity contribution in [1.29, 1.82) is 0 Å². The third-order valence-corrected chi connectivity index (χ3v) is 4.55. The molecule has 0 aliphatic carbocycles. The molecule has 1 unspecified atom stereocenters. The standard InChI is InChI=1S/C16H23N3OS/c1-4-5-9-18(11-15-7-6-13(2)21-15)16(20)14(3)19-10-8-17-12-19/h6-8,10,12,14H,4-5,9,11H2,1-3H3. The number of hydrogen-bond acceptors (Lipinski definition) is 3. The van der Waals surface area contributed by atoms with Crippen molar-refractivity contribution in [3.05, 3.63) is 40.6 Å². The quantitative estimate of drug-likeness (QED) is 0.783. The lowest BCUT2D eigenvalue weighted by Crippen LogP contribution is -2.36. The van der Waals surface area contributed by atoms with Gasteiger partial charge in [-0.2, -0.15) is 0 Å². The first kappa shape index (κ1) is 15.8. The van der Waals surface area contributed by atoms with Crippen LogP contribution in [0.4, 0.5) is 0 Å². The Bertz CT molecular complexity index is 562. The van der Waals surface area contributed by atoms with Gasteiger partial charge in [-0.1, -0.05) is 13.3 Å². The van der Waals surface area contributed by atoms with Crippen LogP contribution in [-0.4, -0.2) is 26.9 Å². The molecule has 0 aromatic carbocycles. The summed E-state index contributed by atoms with van der Waals surface area (Å²) in [7, 11) is 0. The molecule has 0 aliphatic rings. The molecular formula is C16H23N3OS. The maximum absolute atomic E-state index is 12.7. The van der Waals surface area contributed by atoms with Gasteiger partial charge >= 0.3 is 0 Å². The maximum Gasteiger partial charge on any atom is 0.245 e. The summed E-state index contributed by atoms with van der Waals surface area (Å²) in [5, 5.41) is 0. The van der Waals surface area contributed by atoms with Crippen molar-refractivity contribution >= 4 is 17.2 Å². The molecule has 1 atom stereocenters. The smallest absolute Gasteiger partial charge is 0.245 e. The van der Waals surface area contributed by atoms with Gasteiger partial charge in [0.25, 0.3) is 0 Å². The highest BCUT2D eigenvalue weighted by Gasteiger charge is 2.21. The van der Waals surface area contributed by atoms with E-state index in [-0.39, 0.29) is 11.9 Å². The van der Waals surface area contributed by atoms with Gasteiger partial charge in [-0.15, -0.1) is 11.3 Å². The Morgan fingerprint density at radius 2 is 2.29 bits per heavy atom. The Kier molecular flexibility index (Phi) is 5.56. The van der Waals surface area contributed by atoms with Crippen molar-refractivity contribution in [2.45, 2.75) is 46.2 Å². The molecule has 2 rings (SSSR count). The number of carbonyl (C=O) groups is 1. The normalized spacial score (nSPS) is 12.3. The van der Waals surface area contributed by atoms with Crippen LogP contribution in [0.5, 0.6) is 0 Å². The van der Waals surface area contributed by atoms with E-state index in [0.717, 1.165) is 19.4 Å².